The third-order valence-corrected chi connectivity index (χ3v) is 2.41. The molecule has 1 aromatic heterocycles. The second kappa shape index (κ2) is 6.30. The smallest absolute Gasteiger partial charge is 0.0756 e. The van der Waals surface area contributed by atoms with E-state index in [1.54, 1.807) is 0 Å². The molecule has 0 aliphatic heterocycles. The van der Waals surface area contributed by atoms with Crippen molar-refractivity contribution in [2.75, 3.05) is 7.05 Å². The van der Waals surface area contributed by atoms with Gasteiger partial charge in [0.2, 0.25) is 0 Å². The Bertz CT molecular complexity index is 292. The van der Waals surface area contributed by atoms with Crippen molar-refractivity contribution in [3.63, 3.8) is 0 Å². The lowest BCUT2D eigenvalue weighted by atomic mass is 10.1. The maximum Gasteiger partial charge on any atom is 0.0756 e. The fourth-order valence-electron chi connectivity index (χ4n) is 1.49. The van der Waals surface area contributed by atoms with E-state index in [1.807, 2.05) is 32.4 Å². The van der Waals surface area contributed by atoms with E-state index in [4.69, 9.17) is 0 Å². The van der Waals surface area contributed by atoms with Crippen molar-refractivity contribution in [1.82, 2.24) is 15.3 Å². The minimum absolute atomic E-state index is 0.304. The Morgan fingerprint density at radius 3 is 2.80 bits per heavy atom. The van der Waals surface area contributed by atoms with Gasteiger partial charge >= 0.3 is 0 Å². The van der Waals surface area contributed by atoms with Gasteiger partial charge in [-0.25, -0.2) is 0 Å². The summed E-state index contributed by atoms with van der Waals surface area (Å²) in [6, 6.07) is 0.304. The molecular formula is C12H19N3. The third kappa shape index (κ3) is 3.80. The highest BCUT2D eigenvalue weighted by atomic mass is 14.9. The molecule has 0 aliphatic rings. The number of hydrogen-bond acceptors (Lipinski definition) is 3. The number of rotatable bonds is 6. The zero-order chi connectivity index (χ0) is 11.1. The highest BCUT2D eigenvalue weighted by Gasteiger charge is 2.09. The van der Waals surface area contributed by atoms with Crippen LogP contribution in [0.3, 0.4) is 0 Å². The normalized spacial score (nSPS) is 12.4. The molecule has 1 rings (SSSR count). The molecule has 0 aromatic carbocycles. The molecule has 82 valence electrons. The lowest BCUT2D eigenvalue weighted by molar-refractivity contribution is 0.516. The summed E-state index contributed by atoms with van der Waals surface area (Å²) in [5.41, 5.74) is 1.98. The maximum atomic E-state index is 4.38. The fourth-order valence-corrected chi connectivity index (χ4v) is 1.49. The molecule has 0 spiro atoms. The Kier molecular flexibility index (Phi) is 4.98. The summed E-state index contributed by atoms with van der Waals surface area (Å²) < 4.78 is 0. The zero-order valence-corrected chi connectivity index (χ0v) is 9.53. The van der Waals surface area contributed by atoms with Crippen LogP contribution in [0, 0.1) is 6.92 Å². The number of nitrogens with one attached hydrogen (secondary N) is 1. The summed E-state index contributed by atoms with van der Waals surface area (Å²) in [4.78, 5) is 8.63. The number of aromatic nitrogens is 2. The Morgan fingerprint density at radius 1 is 1.47 bits per heavy atom. The van der Waals surface area contributed by atoms with Crippen LogP contribution < -0.4 is 5.32 Å². The van der Waals surface area contributed by atoms with Crippen molar-refractivity contribution in [3.05, 3.63) is 36.4 Å². The lowest BCUT2D eigenvalue weighted by Crippen LogP contribution is -2.17. The average molecular weight is 205 g/mol. The molecule has 1 N–H and O–H groups in total. The summed E-state index contributed by atoms with van der Waals surface area (Å²) >= 11 is 0. The van der Waals surface area contributed by atoms with Crippen molar-refractivity contribution in [1.29, 1.82) is 0 Å². The Balaban J connectivity index is 2.57. The van der Waals surface area contributed by atoms with Crippen molar-refractivity contribution in [2.24, 2.45) is 0 Å². The van der Waals surface area contributed by atoms with E-state index in [2.05, 4.69) is 21.9 Å². The van der Waals surface area contributed by atoms with Crippen LogP contribution in [-0.4, -0.2) is 17.0 Å². The van der Waals surface area contributed by atoms with Crippen LogP contribution in [0.25, 0.3) is 0 Å². The average Bonchev–Trinajstić information content (AvgIpc) is 2.26. The molecule has 1 atom stereocenters. The van der Waals surface area contributed by atoms with E-state index in [9.17, 15) is 0 Å². The Hall–Kier alpha value is -1.22. The van der Waals surface area contributed by atoms with Gasteiger partial charge in [0.05, 0.1) is 23.6 Å². The summed E-state index contributed by atoms with van der Waals surface area (Å²) in [5.74, 6) is 0. The van der Waals surface area contributed by atoms with Gasteiger partial charge in [0.25, 0.3) is 0 Å². The first-order valence-corrected chi connectivity index (χ1v) is 5.34. The zero-order valence-electron chi connectivity index (χ0n) is 9.53. The molecule has 3 nitrogen and oxygen atoms in total. The second-order valence-corrected chi connectivity index (χ2v) is 3.64. The molecule has 1 unspecified atom stereocenters. The quantitative estimate of drug-likeness (QED) is 0.572. The standard InChI is InChI=1S/C12H19N3/c1-4-5-6-7-11(13-3)12-9-14-10(2)8-15-12/h4,8-9,11,13H,1,5-7H2,2-3H3. The van der Waals surface area contributed by atoms with Gasteiger partial charge in [-0.3, -0.25) is 9.97 Å². The van der Waals surface area contributed by atoms with Crippen LogP contribution in [0.15, 0.2) is 25.0 Å². The van der Waals surface area contributed by atoms with E-state index in [0.717, 1.165) is 30.7 Å². The summed E-state index contributed by atoms with van der Waals surface area (Å²) in [6.07, 6.45) is 8.87. The lowest BCUT2D eigenvalue weighted by Gasteiger charge is -2.14. The third-order valence-electron chi connectivity index (χ3n) is 2.41. The van der Waals surface area contributed by atoms with Gasteiger partial charge < -0.3 is 5.32 Å². The molecule has 0 saturated carbocycles. The molecule has 3 heteroatoms. The highest BCUT2D eigenvalue weighted by Crippen LogP contribution is 2.16. The summed E-state index contributed by atoms with van der Waals surface area (Å²) in [7, 11) is 1.96. The molecular weight excluding hydrogens is 186 g/mol. The van der Waals surface area contributed by atoms with Crippen molar-refractivity contribution >= 4 is 0 Å². The van der Waals surface area contributed by atoms with E-state index in [-0.39, 0.29) is 0 Å². The predicted octanol–water partition coefficient (Wildman–Crippen LogP) is 2.40. The van der Waals surface area contributed by atoms with Crippen LogP contribution in [0.1, 0.15) is 36.7 Å². The predicted molar refractivity (Wildman–Crippen MR) is 62.6 cm³/mol. The van der Waals surface area contributed by atoms with Gasteiger partial charge in [-0.15, -0.1) is 6.58 Å². The number of nitrogens with zero attached hydrogens (tertiary/aromatic N) is 2. The van der Waals surface area contributed by atoms with Crippen molar-refractivity contribution in [2.45, 2.75) is 32.2 Å². The molecule has 15 heavy (non-hydrogen) atoms. The molecule has 0 saturated heterocycles. The van der Waals surface area contributed by atoms with Crippen molar-refractivity contribution < 1.29 is 0 Å². The van der Waals surface area contributed by atoms with Crippen LogP contribution in [0.2, 0.25) is 0 Å². The largest absolute Gasteiger partial charge is 0.312 e. The molecule has 0 fully saturated rings. The number of unbranched alkanes of at least 4 members (excludes halogenated alkanes) is 1. The Labute approximate surface area is 91.7 Å². The molecule has 0 radical (unpaired) electrons. The van der Waals surface area contributed by atoms with Gasteiger partial charge in [0.1, 0.15) is 0 Å². The molecule has 0 aliphatic carbocycles. The van der Waals surface area contributed by atoms with Gasteiger partial charge in [-0.2, -0.15) is 0 Å². The summed E-state index contributed by atoms with van der Waals surface area (Å²) in [6.45, 7) is 5.67. The van der Waals surface area contributed by atoms with Crippen LogP contribution in [0.4, 0.5) is 0 Å². The minimum atomic E-state index is 0.304. The topological polar surface area (TPSA) is 37.8 Å². The van der Waals surface area contributed by atoms with E-state index >= 15 is 0 Å². The molecule has 0 amide bonds. The van der Waals surface area contributed by atoms with E-state index in [0.29, 0.717) is 6.04 Å². The molecule has 1 aromatic rings. The van der Waals surface area contributed by atoms with Crippen LogP contribution in [0.5, 0.6) is 0 Å². The first-order valence-electron chi connectivity index (χ1n) is 5.34. The molecule has 0 bridgehead atoms. The summed E-state index contributed by atoms with van der Waals surface area (Å²) in [5, 5.41) is 3.26. The van der Waals surface area contributed by atoms with Crippen LogP contribution in [-0.2, 0) is 0 Å². The Morgan fingerprint density at radius 2 is 2.27 bits per heavy atom. The van der Waals surface area contributed by atoms with E-state index < -0.39 is 0 Å². The SMILES string of the molecule is C=CCCCC(NC)c1cnc(C)cn1. The first-order chi connectivity index (χ1) is 7.27. The molecule has 1 heterocycles. The number of allylic oxidation sites excluding steroid dienone is 1. The van der Waals surface area contributed by atoms with Gasteiger partial charge in [0.15, 0.2) is 0 Å². The maximum absolute atomic E-state index is 4.38. The minimum Gasteiger partial charge on any atom is -0.312 e. The number of hydrogen-bond donors (Lipinski definition) is 1. The second-order valence-electron chi connectivity index (χ2n) is 3.64. The van der Waals surface area contributed by atoms with Gasteiger partial charge in [-0.05, 0) is 33.2 Å². The number of aryl methyl sites for hydroxylation is 1. The van der Waals surface area contributed by atoms with Gasteiger partial charge in [0, 0.05) is 6.20 Å². The van der Waals surface area contributed by atoms with Gasteiger partial charge in [-0.1, -0.05) is 6.08 Å². The van der Waals surface area contributed by atoms with Crippen LogP contribution >= 0.6 is 0 Å². The van der Waals surface area contributed by atoms with Crippen molar-refractivity contribution in [3.8, 4) is 0 Å². The monoisotopic (exact) mass is 205 g/mol. The highest BCUT2D eigenvalue weighted by molar-refractivity contribution is 5.05. The van der Waals surface area contributed by atoms with E-state index in [1.165, 1.54) is 0 Å². The first kappa shape index (κ1) is 11.9. The fraction of sp³-hybridized carbons (Fsp3) is 0.500.